The van der Waals surface area contributed by atoms with Crippen LogP contribution in [-0.4, -0.2) is 19.3 Å². The summed E-state index contributed by atoms with van der Waals surface area (Å²) in [5, 5.41) is 2.42. The molecule has 1 saturated carbocycles. The number of hydrogen-bond donors (Lipinski definition) is 1. The summed E-state index contributed by atoms with van der Waals surface area (Å²) in [6.45, 7) is 0. The monoisotopic (exact) mass is 295 g/mol. The predicted octanol–water partition coefficient (Wildman–Crippen LogP) is 3.75. The Morgan fingerprint density at radius 2 is 1.25 bits per heavy atom. The lowest BCUT2D eigenvalue weighted by Crippen LogP contribution is -2.30. The topological polar surface area (TPSA) is 21.3 Å². The second kappa shape index (κ2) is 5.95. The minimum absolute atomic E-state index is 0.0735. The van der Waals surface area contributed by atoms with Crippen LogP contribution < -0.4 is 5.32 Å². The van der Waals surface area contributed by atoms with E-state index in [0.29, 0.717) is 25.7 Å². The van der Waals surface area contributed by atoms with Gasteiger partial charge in [-0.3, -0.25) is 0 Å². The van der Waals surface area contributed by atoms with Crippen LogP contribution in [0.5, 0.6) is 0 Å². The van der Waals surface area contributed by atoms with Crippen LogP contribution in [0.4, 0.5) is 27.6 Å². The molecule has 20 heavy (non-hydrogen) atoms. The second-order valence-corrected chi connectivity index (χ2v) is 4.80. The van der Waals surface area contributed by atoms with Crippen LogP contribution in [0.2, 0.25) is 0 Å². The van der Waals surface area contributed by atoms with E-state index >= 15 is 0 Å². The molecule has 1 fully saturated rings. The van der Waals surface area contributed by atoms with Crippen molar-refractivity contribution in [2.75, 3.05) is 12.4 Å². The molecular weight excluding hydrogens is 281 g/mol. The first-order valence-electron chi connectivity index (χ1n) is 6.26. The molecule has 1 aliphatic rings. The maximum atomic E-state index is 13.5. The van der Waals surface area contributed by atoms with Crippen molar-refractivity contribution < 1.29 is 26.7 Å². The summed E-state index contributed by atoms with van der Waals surface area (Å²) < 4.78 is 71.1. The highest BCUT2D eigenvalue weighted by Gasteiger charge is 2.28. The third kappa shape index (κ3) is 2.72. The van der Waals surface area contributed by atoms with Gasteiger partial charge in [-0.15, -0.1) is 0 Å². The first-order chi connectivity index (χ1) is 9.45. The van der Waals surface area contributed by atoms with Gasteiger partial charge in [-0.1, -0.05) is 0 Å². The quantitative estimate of drug-likeness (QED) is 0.521. The fourth-order valence-electron chi connectivity index (χ4n) is 2.38. The smallest absolute Gasteiger partial charge is 0.200 e. The lowest BCUT2D eigenvalue weighted by atomic mass is 9.92. The van der Waals surface area contributed by atoms with Gasteiger partial charge in [0.25, 0.3) is 0 Å². The molecule has 7 heteroatoms. The maximum Gasteiger partial charge on any atom is 0.200 e. The Bertz CT molecular complexity index is 471. The molecule has 1 aliphatic carbocycles. The van der Waals surface area contributed by atoms with Crippen LogP contribution in [-0.2, 0) is 4.74 Å². The molecule has 0 radical (unpaired) electrons. The molecule has 2 nitrogen and oxygen atoms in total. The molecule has 0 unspecified atom stereocenters. The van der Waals surface area contributed by atoms with Gasteiger partial charge in [0.1, 0.15) is 5.69 Å². The number of rotatable bonds is 3. The van der Waals surface area contributed by atoms with Crippen molar-refractivity contribution in [3.05, 3.63) is 29.1 Å². The molecule has 2 rings (SSSR count). The predicted molar refractivity (Wildman–Crippen MR) is 62.9 cm³/mol. The van der Waals surface area contributed by atoms with E-state index in [1.54, 1.807) is 7.11 Å². The van der Waals surface area contributed by atoms with Crippen molar-refractivity contribution in [2.24, 2.45) is 0 Å². The molecular formula is C13H14F5NO. The molecule has 1 aromatic carbocycles. The van der Waals surface area contributed by atoms with Gasteiger partial charge in [-0.2, -0.15) is 0 Å². The molecule has 1 N–H and O–H groups in total. The van der Waals surface area contributed by atoms with Gasteiger partial charge in [0.2, 0.25) is 5.82 Å². The summed E-state index contributed by atoms with van der Waals surface area (Å²) in [6.07, 6.45) is 2.49. The molecule has 0 bridgehead atoms. The van der Waals surface area contributed by atoms with Crippen molar-refractivity contribution in [3.63, 3.8) is 0 Å². The van der Waals surface area contributed by atoms with E-state index in [0.717, 1.165) is 0 Å². The van der Waals surface area contributed by atoms with E-state index in [2.05, 4.69) is 5.32 Å². The summed E-state index contributed by atoms with van der Waals surface area (Å²) in [5.41, 5.74) is -0.956. The van der Waals surface area contributed by atoms with Crippen molar-refractivity contribution in [1.82, 2.24) is 0 Å². The van der Waals surface area contributed by atoms with E-state index in [9.17, 15) is 22.0 Å². The zero-order valence-corrected chi connectivity index (χ0v) is 10.8. The van der Waals surface area contributed by atoms with Crippen LogP contribution >= 0.6 is 0 Å². The standard InChI is InChI=1S/C13H14F5NO/c1-20-7-4-2-6(3-5-7)19-13-11(17)9(15)8(14)10(16)12(13)18/h6-7,19H,2-5H2,1H3. The fraction of sp³-hybridized carbons (Fsp3) is 0.538. The largest absolute Gasteiger partial charge is 0.381 e. The van der Waals surface area contributed by atoms with E-state index in [1.807, 2.05) is 0 Å². The molecule has 0 aromatic heterocycles. The number of hydrogen-bond acceptors (Lipinski definition) is 2. The van der Waals surface area contributed by atoms with Crippen molar-refractivity contribution in [3.8, 4) is 0 Å². The van der Waals surface area contributed by atoms with Crippen LogP contribution in [0.1, 0.15) is 25.7 Å². The molecule has 0 aliphatic heterocycles. The average Bonchev–Trinajstić information content (AvgIpc) is 2.48. The van der Waals surface area contributed by atoms with Gasteiger partial charge in [0.15, 0.2) is 23.3 Å². The number of methoxy groups -OCH3 is 1. The Morgan fingerprint density at radius 1 is 0.800 bits per heavy atom. The van der Waals surface area contributed by atoms with Crippen molar-refractivity contribution in [2.45, 2.75) is 37.8 Å². The molecule has 112 valence electrons. The molecule has 0 atom stereocenters. The summed E-state index contributed by atoms with van der Waals surface area (Å²) in [4.78, 5) is 0. The summed E-state index contributed by atoms with van der Waals surface area (Å²) in [7, 11) is 1.57. The van der Waals surface area contributed by atoms with Gasteiger partial charge < -0.3 is 10.1 Å². The Hall–Kier alpha value is -1.37. The first kappa shape index (κ1) is 15.0. The van der Waals surface area contributed by atoms with Gasteiger partial charge in [-0.05, 0) is 25.7 Å². The fourth-order valence-corrected chi connectivity index (χ4v) is 2.38. The molecule has 0 amide bonds. The second-order valence-electron chi connectivity index (χ2n) is 4.80. The van der Waals surface area contributed by atoms with E-state index in [4.69, 9.17) is 4.74 Å². The van der Waals surface area contributed by atoms with E-state index in [-0.39, 0.29) is 12.1 Å². The minimum Gasteiger partial charge on any atom is -0.381 e. The summed E-state index contributed by atoms with van der Waals surface area (Å²) in [6, 6.07) is -0.338. The number of ether oxygens (including phenoxy) is 1. The van der Waals surface area contributed by atoms with E-state index < -0.39 is 34.8 Å². The maximum absolute atomic E-state index is 13.5. The molecule has 0 saturated heterocycles. The number of anilines is 1. The van der Waals surface area contributed by atoms with Gasteiger partial charge >= 0.3 is 0 Å². The van der Waals surface area contributed by atoms with Crippen molar-refractivity contribution >= 4 is 5.69 Å². The third-order valence-corrected chi connectivity index (χ3v) is 3.57. The zero-order valence-electron chi connectivity index (χ0n) is 10.8. The van der Waals surface area contributed by atoms with Crippen molar-refractivity contribution in [1.29, 1.82) is 0 Å². The van der Waals surface area contributed by atoms with Crippen LogP contribution in [0.25, 0.3) is 0 Å². The van der Waals surface area contributed by atoms with E-state index in [1.165, 1.54) is 0 Å². The normalized spacial score (nSPS) is 22.9. The zero-order chi connectivity index (χ0) is 14.9. The SMILES string of the molecule is COC1CCC(Nc2c(F)c(F)c(F)c(F)c2F)CC1. The highest BCUT2D eigenvalue weighted by molar-refractivity contribution is 5.48. The molecule has 0 heterocycles. The van der Waals surface area contributed by atoms with Crippen LogP contribution in [0, 0.1) is 29.1 Å². The third-order valence-electron chi connectivity index (χ3n) is 3.57. The lowest BCUT2D eigenvalue weighted by Gasteiger charge is -2.29. The number of halogens is 5. The lowest BCUT2D eigenvalue weighted by molar-refractivity contribution is 0.0681. The van der Waals surface area contributed by atoms with Gasteiger partial charge in [0, 0.05) is 13.2 Å². The first-order valence-corrected chi connectivity index (χ1v) is 6.26. The minimum atomic E-state index is -2.14. The highest BCUT2D eigenvalue weighted by Crippen LogP contribution is 2.30. The summed E-state index contributed by atoms with van der Waals surface area (Å²) in [5.74, 6) is -9.66. The van der Waals surface area contributed by atoms with Gasteiger partial charge in [0.05, 0.1) is 6.10 Å². The number of benzene rings is 1. The Balaban J connectivity index is 2.18. The highest BCUT2D eigenvalue weighted by atomic mass is 19.2. The molecule has 0 spiro atoms. The summed E-state index contributed by atoms with van der Waals surface area (Å²) >= 11 is 0. The Morgan fingerprint density at radius 3 is 1.70 bits per heavy atom. The molecule has 1 aromatic rings. The van der Waals surface area contributed by atoms with Crippen LogP contribution in [0.15, 0.2) is 0 Å². The van der Waals surface area contributed by atoms with Gasteiger partial charge in [-0.25, -0.2) is 22.0 Å². The number of nitrogens with one attached hydrogen (secondary N) is 1. The van der Waals surface area contributed by atoms with Crippen LogP contribution in [0.3, 0.4) is 0 Å². The Labute approximate surface area is 112 Å². The average molecular weight is 295 g/mol. The Kier molecular flexibility index (Phi) is 4.47.